The van der Waals surface area contributed by atoms with Crippen molar-refractivity contribution in [3.8, 4) is 11.5 Å². The Morgan fingerprint density at radius 3 is 2.11 bits per heavy atom. The highest BCUT2D eigenvalue weighted by Crippen LogP contribution is 2.25. The van der Waals surface area contributed by atoms with Crippen LogP contribution in [-0.4, -0.2) is 61.1 Å². The van der Waals surface area contributed by atoms with E-state index >= 15 is 0 Å². The second-order valence-electron chi connectivity index (χ2n) is 7.46. The number of carboxylic acids is 1. The number of nitrogens with zero attached hydrogens (tertiary/aromatic N) is 1. The van der Waals surface area contributed by atoms with E-state index in [0.717, 1.165) is 0 Å². The summed E-state index contributed by atoms with van der Waals surface area (Å²) in [5.74, 6) is -1.55. The predicted octanol–water partition coefficient (Wildman–Crippen LogP) is 1.64. The van der Waals surface area contributed by atoms with Gasteiger partial charge in [0.2, 0.25) is 5.91 Å². The summed E-state index contributed by atoms with van der Waals surface area (Å²) in [6.07, 6.45) is 0. The summed E-state index contributed by atoms with van der Waals surface area (Å²) in [5.41, 5.74) is 0.313. The SMILES string of the molecule is COc1cc(OC)cc(C(=O)NC(C(=O)N2C[C@@H](C)[C@H](C(=O)O)C2)C(C)C)c1. The number of hydrogen-bond acceptors (Lipinski definition) is 5. The third kappa shape index (κ3) is 4.74. The maximum atomic E-state index is 13.0. The first-order valence-corrected chi connectivity index (χ1v) is 9.23. The van der Waals surface area contributed by atoms with Gasteiger partial charge in [-0.3, -0.25) is 14.4 Å². The maximum Gasteiger partial charge on any atom is 0.308 e. The first kappa shape index (κ1) is 21.5. The van der Waals surface area contributed by atoms with Crippen LogP contribution in [0.5, 0.6) is 11.5 Å². The van der Waals surface area contributed by atoms with Crippen LogP contribution in [0.1, 0.15) is 31.1 Å². The zero-order valence-corrected chi connectivity index (χ0v) is 16.9. The van der Waals surface area contributed by atoms with Gasteiger partial charge in [-0.2, -0.15) is 0 Å². The second kappa shape index (κ2) is 8.95. The molecule has 8 heteroatoms. The van der Waals surface area contributed by atoms with E-state index in [0.29, 0.717) is 23.6 Å². The van der Waals surface area contributed by atoms with Crippen molar-refractivity contribution in [3.63, 3.8) is 0 Å². The van der Waals surface area contributed by atoms with Crippen LogP contribution < -0.4 is 14.8 Å². The number of amides is 2. The highest BCUT2D eigenvalue weighted by Gasteiger charge is 2.40. The number of carbonyl (C=O) groups is 3. The van der Waals surface area contributed by atoms with Gasteiger partial charge < -0.3 is 24.8 Å². The molecule has 2 amide bonds. The number of likely N-dealkylation sites (tertiary alicyclic amines) is 1. The Balaban J connectivity index is 2.18. The molecule has 0 saturated carbocycles. The molecule has 1 saturated heterocycles. The Labute approximate surface area is 164 Å². The minimum absolute atomic E-state index is 0.132. The molecule has 0 radical (unpaired) electrons. The Morgan fingerprint density at radius 1 is 1.11 bits per heavy atom. The van der Waals surface area contributed by atoms with Crippen LogP contribution in [0, 0.1) is 17.8 Å². The second-order valence-corrected chi connectivity index (χ2v) is 7.46. The Morgan fingerprint density at radius 2 is 1.68 bits per heavy atom. The van der Waals surface area contributed by atoms with Crippen LogP contribution >= 0.6 is 0 Å². The van der Waals surface area contributed by atoms with Crippen molar-refractivity contribution in [2.75, 3.05) is 27.3 Å². The van der Waals surface area contributed by atoms with Crippen LogP contribution in [0.3, 0.4) is 0 Å². The standard InChI is InChI=1S/C20H28N2O6/c1-11(2)17(19(24)22-9-12(3)16(10-22)20(25)26)21-18(23)13-6-14(27-4)8-15(7-13)28-5/h6-8,11-12,16-17H,9-10H2,1-5H3,(H,21,23)(H,25,26)/t12-,16-,17?/m1/s1. The molecule has 0 spiro atoms. The van der Waals surface area contributed by atoms with Crippen LogP contribution in [-0.2, 0) is 9.59 Å². The molecule has 2 rings (SSSR count). The van der Waals surface area contributed by atoms with Gasteiger partial charge in [-0.25, -0.2) is 0 Å². The summed E-state index contributed by atoms with van der Waals surface area (Å²) in [4.78, 5) is 38.6. The van der Waals surface area contributed by atoms with E-state index in [1.807, 2.05) is 20.8 Å². The first-order valence-electron chi connectivity index (χ1n) is 9.23. The fourth-order valence-corrected chi connectivity index (χ4v) is 3.34. The molecule has 1 aromatic carbocycles. The van der Waals surface area contributed by atoms with E-state index in [9.17, 15) is 19.5 Å². The topological polar surface area (TPSA) is 105 Å². The number of rotatable bonds is 7. The fraction of sp³-hybridized carbons (Fsp3) is 0.550. The molecule has 154 valence electrons. The van der Waals surface area contributed by atoms with Crippen LogP contribution in [0.15, 0.2) is 18.2 Å². The molecule has 1 aliphatic heterocycles. The van der Waals surface area contributed by atoms with Crippen molar-refractivity contribution in [2.45, 2.75) is 26.8 Å². The number of carbonyl (C=O) groups excluding carboxylic acids is 2. The summed E-state index contributed by atoms with van der Waals surface area (Å²) >= 11 is 0. The van der Waals surface area contributed by atoms with Gasteiger partial charge >= 0.3 is 5.97 Å². The van der Waals surface area contributed by atoms with Crippen molar-refractivity contribution < 1.29 is 29.0 Å². The van der Waals surface area contributed by atoms with Gasteiger partial charge in [0.15, 0.2) is 0 Å². The largest absolute Gasteiger partial charge is 0.497 e. The van der Waals surface area contributed by atoms with Crippen LogP contribution in [0.2, 0.25) is 0 Å². The minimum atomic E-state index is -0.906. The highest BCUT2D eigenvalue weighted by atomic mass is 16.5. The quantitative estimate of drug-likeness (QED) is 0.731. The minimum Gasteiger partial charge on any atom is -0.497 e. The normalized spacial score (nSPS) is 20.0. The average molecular weight is 392 g/mol. The molecule has 1 heterocycles. The number of hydrogen-bond donors (Lipinski definition) is 2. The zero-order chi connectivity index (χ0) is 21.0. The van der Waals surface area contributed by atoms with Crippen molar-refractivity contribution >= 4 is 17.8 Å². The third-order valence-corrected chi connectivity index (χ3v) is 5.07. The lowest BCUT2D eigenvalue weighted by Gasteiger charge is -2.27. The van der Waals surface area contributed by atoms with E-state index in [1.54, 1.807) is 18.2 Å². The van der Waals surface area contributed by atoms with E-state index in [1.165, 1.54) is 19.1 Å². The predicted molar refractivity (Wildman–Crippen MR) is 103 cm³/mol. The maximum absolute atomic E-state index is 13.0. The molecule has 8 nitrogen and oxygen atoms in total. The van der Waals surface area contributed by atoms with E-state index in [4.69, 9.17) is 9.47 Å². The molecule has 2 N–H and O–H groups in total. The van der Waals surface area contributed by atoms with E-state index in [-0.39, 0.29) is 24.3 Å². The first-order chi connectivity index (χ1) is 13.2. The molecule has 0 bridgehead atoms. The molecule has 28 heavy (non-hydrogen) atoms. The number of benzene rings is 1. The van der Waals surface area contributed by atoms with Crippen molar-refractivity contribution in [1.29, 1.82) is 0 Å². The lowest BCUT2D eigenvalue weighted by atomic mass is 9.99. The smallest absolute Gasteiger partial charge is 0.308 e. The molecular formula is C20H28N2O6. The number of methoxy groups -OCH3 is 2. The van der Waals surface area contributed by atoms with Gasteiger partial charge in [-0.15, -0.1) is 0 Å². The van der Waals surface area contributed by atoms with E-state index < -0.39 is 23.8 Å². The summed E-state index contributed by atoms with van der Waals surface area (Å²) in [6, 6.07) is 4.03. The number of ether oxygens (including phenoxy) is 2. The van der Waals surface area contributed by atoms with Gasteiger partial charge in [-0.05, 0) is 24.0 Å². The van der Waals surface area contributed by atoms with Crippen molar-refractivity contribution in [2.24, 2.45) is 17.8 Å². The molecular weight excluding hydrogens is 364 g/mol. The highest BCUT2D eigenvalue weighted by molar-refractivity contribution is 5.98. The molecule has 0 aliphatic carbocycles. The molecule has 1 aromatic rings. The zero-order valence-electron chi connectivity index (χ0n) is 16.9. The molecule has 1 aliphatic rings. The summed E-state index contributed by atoms with van der Waals surface area (Å²) < 4.78 is 10.4. The fourth-order valence-electron chi connectivity index (χ4n) is 3.34. The molecule has 1 fully saturated rings. The Hall–Kier alpha value is -2.77. The number of nitrogens with one attached hydrogen (secondary N) is 1. The number of aliphatic carboxylic acids is 1. The van der Waals surface area contributed by atoms with Crippen molar-refractivity contribution in [1.82, 2.24) is 10.2 Å². The van der Waals surface area contributed by atoms with Crippen LogP contribution in [0.25, 0.3) is 0 Å². The third-order valence-electron chi connectivity index (χ3n) is 5.07. The van der Waals surface area contributed by atoms with Crippen LogP contribution in [0.4, 0.5) is 0 Å². The van der Waals surface area contributed by atoms with Crippen molar-refractivity contribution in [3.05, 3.63) is 23.8 Å². The summed E-state index contributed by atoms with van der Waals surface area (Å²) in [7, 11) is 2.98. The number of carboxylic acid groups (broad SMARTS) is 1. The average Bonchev–Trinajstić information content (AvgIpc) is 3.06. The van der Waals surface area contributed by atoms with Gasteiger partial charge in [-0.1, -0.05) is 20.8 Å². The van der Waals surface area contributed by atoms with E-state index in [2.05, 4.69) is 5.32 Å². The van der Waals surface area contributed by atoms with Gasteiger partial charge in [0.25, 0.3) is 5.91 Å². The van der Waals surface area contributed by atoms with Gasteiger partial charge in [0.05, 0.1) is 20.1 Å². The molecule has 0 aromatic heterocycles. The lowest BCUT2D eigenvalue weighted by Crippen LogP contribution is -2.50. The summed E-state index contributed by atoms with van der Waals surface area (Å²) in [5, 5.41) is 12.1. The summed E-state index contributed by atoms with van der Waals surface area (Å²) in [6.45, 7) is 6.01. The lowest BCUT2D eigenvalue weighted by molar-refractivity contribution is -0.142. The monoisotopic (exact) mass is 392 g/mol. The molecule has 1 unspecified atom stereocenters. The van der Waals surface area contributed by atoms with Gasteiger partial charge in [0, 0.05) is 24.7 Å². The Kier molecular flexibility index (Phi) is 6.88. The van der Waals surface area contributed by atoms with Gasteiger partial charge in [0.1, 0.15) is 17.5 Å². The Bertz CT molecular complexity index is 726. The molecule has 3 atom stereocenters.